The molecule has 2 nitrogen and oxygen atoms in total. The van der Waals surface area contributed by atoms with Gasteiger partial charge in [0.05, 0.1) is 18.8 Å². The van der Waals surface area contributed by atoms with Crippen LogP contribution < -0.4 is 4.90 Å². The van der Waals surface area contributed by atoms with Crippen molar-refractivity contribution in [2.24, 2.45) is 0 Å². The molecule has 2 saturated heterocycles. The van der Waals surface area contributed by atoms with Gasteiger partial charge in [0.15, 0.2) is 0 Å². The van der Waals surface area contributed by atoms with E-state index in [9.17, 15) is 0 Å². The van der Waals surface area contributed by atoms with Crippen molar-refractivity contribution in [3.63, 3.8) is 0 Å². The summed E-state index contributed by atoms with van der Waals surface area (Å²) in [5, 5.41) is 0.933. The van der Waals surface area contributed by atoms with Gasteiger partial charge < -0.3 is 9.64 Å². The van der Waals surface area contributed by atoms with Gasteiger partial charge in [0.25, 0.3) is 0 Å². The van der Waals surface area contributed by atoms with Gasteiger partial charge in [-0.1, -0.05) is 28.1 Å². The number of rotatable bonds is 2. The second kappa shape index (κ2) is 3.80. The van der Waals surface area contributed by atoms with E-state index >= 15 is 0 Å². The van der Waals surface area contributed by atoms with E-state index in [0.29, 0.717) is 12.1 Å². The Kier molecular flexibility index (Phi) is 2.45. The zero-order valence-corrected chi connectivity index (χ0v) is 10.1. The number of hydrogen-bond acceptors (Lipinski definition) is 2. The zero-order chi connectivity index (χ0) is 10.3. The summed E-state index contributed by atoms with van der Waals surface area (Å²) >= 11 is 3.46. The van der Waals surface area contributed by atoms with Crippen molar-refractivity contribution in [3.05, 3.63) is 29.8 Å². The van der Waals surface area contributed by atoms with Gasteiger partial charge in [0.1, 0.15) is 0 Å². The maximum Gasteiger partial charge on any atom is 0.0771 e. The molecule has 2 atom stereocenters. The first-order valence-electron chi connectivity index (χ1n) is 5.40. The molecule has 2 fully saturated rings. The minimum absolute atomic E-state index is 0.478. The summed E-state index contributed by atoms with van der Waals surface area (Å²) in [7, 11) is 0. The predicted octanol–water partition coefficient (Wildman–Crippen LogP) is 2.56. The molecule has 2 aliphatic rings. The van der Waals surface area contributed by atoms with Crippen molar-refractivity contribution >= 4 is 21.6 Å². The lowest BCUT2D eigenvalue weighted by molar-refractivity contribution is 0.0991. The van der Waals surface area contributed by atoms with E-state index in [-0.39, 0.29) is 0 Å². The average Bonchev–Trinajstić information content (AvgIpc) is 2.91. The molecule has 0 radical (unpaired) electrons. The minimum atomic E-state index is 0.478. The first-order valence-corrected chi connectivity index (χ1v) is 6.52. The number of anilines is 1. The summed E-state index contributed by atoms with van der Waals surface area (Å²) in [6.45, 7) is 1.98. The van der Waals surface area contributed by atoms with Crippen molar-refractivity contribution < 1.29 is 4.74 Å². The van der Waals surface area contributed by atoms with Gasteiger partial charge in [0.2, 0.25) is 0 Å². The van der Waals surface area contributed by atoms with Crippen molar-refractivity contribution in [2.45, 2.75) is 23.9 Å². The number of hydrogen-bond donors (Lipinski definition) is 0. The molecular formula is C12H14BrNO. The number of nitrogens with zero attached hydrogens (tertiary/aromatic N) is 1. The van der Waals surface area contributed by atoms with Crippen LogP contribution in [0.1, 0.15) is 12.0 Å². The van der Waals surface area contributed by atoms with Crippen LogP contribution in [0.15, 0.2) is 24.3 Å². The van der Waals surface area contributed by atoms with Crippen LogP contribution in [0.4, 0.5) is 5.69 Å². The van der Waals surface area contributed by atoms with Crippen molar-refractivity contribution in [1.29, 1.82) is 0 Å². The highest BCUT2D eigenvalue weighted by Crippen LogP contribution is 2.32. The Labute approximate surface area is 98.4 Å². The van der Waals surface area contributed by atoms with Crippen LogP contribution in [0, 0.1) is 0 Å². The molecule has 0 aromatic heterocycles. The van der Waals surface area contributed by atoms with E-state index in [1.165, 1.54) is 17.7 Å². The molecule has 2 bridgehead atoms. The molecule has 15 heavy (non-hydrogen) atoms. The molecular weight excluding hydrogens is 254 g/mol. The van der Waals surface area contributed by atoms with Crippen LogP contribution in [0.2, 0.25) is 0 Å². The molecule has 1 aromatic carbocycles. The lowest BCUT2D eigenvalue weighted by Crippen LogP contribution is -2.36. The van der Waals surface area contributed by atoms with Crippen molar-refractivity contribution in [3.8, 4) is 0 Å². The van der Waals surface area contributed by atoms with Gasteiger partial charge in [0, 0.05) is 17.6 Å². The smallest absolute Gasteiger partial charge is 0.0771 e. The third-order valence-corrected chi connectivity index (χ3v) is 3.97. The van der Waals surface area contributed by atoms with E-state index in [2.05, 4.69) is 45.1 Å². The van der Waals surface area contributed by atoms with E-state index in [1.807, 2.05) is 0 Å². The lowest BCUT2D eigenvalue weighted by Gasteiger charge is -2.29. The number of halogens is 1. The molecule has 2 unspecified atom stereocenters. The number of ether oxygens (including phenoxy) is 1. The summed E-state index contributed by atoms with van der Waals surface area (Å²) in [5.74, 6) is 0. The highest BCUT2D eigenvalue weighted by molar-refractivity contribution is 9.08. The molecule has 0 saturated carbocycles. The largest absolute Gasteiger partial charge is 0.374 e. The molecule has 0 aliphatic carbocycles. The van der Waals surface area contributed by atoms with E-state index < -0.39 is 0 Å². The van der Waals surface area contributed by atoms with Gasteiger partial charge >= 0.3 is 0 Å². The Balaban J connectivity index is 1.81. The summed E-state index contributed by atoms with van der Waals surface area (Å²) < 4.78 is 5.60. The van der Waals surface area contributed by atoms with Gasteiger partial charge in [-0.15, -0.1) is 0 Å². The Bertz CT molecular complexity index is 351. The Morgan fingerprint density at radius 2 is 2.13 bits per heavy atom. The highest BCUT2D eigenvalue weighted by atomic mass is 79.9. The molecule has 0 spiro atoms. The standard InChI is InChI=1S/C12H14BrNO/c13-6-9-1-3-10(4-2-9)14-7-12-5-11(14)8-15-12/h1-4,11-12H,5-8H2. The number of benzene rings is 1. The van der Waals surface area contributed by atoms with Crippen LogP contribution in [-0.4, -0.2) is 25.3 Å². The molecule has 1 aromatic rings. The number of morpholine rings is 1. The van der Waals surface area contributed by atoms with Crippen LogP contribution in [0.3, 0.4) is 0 Å². The first kappa shape index (κ1) is 9.67. The van der Waals surface area contributed by atoms with Crippen LogP contribution >= 0.6 is 15.9 Å². The minimum Gasteiger partial charge on any atom is -0.374 e. The van der Waals surface area contributed by atoms with Gasteiger partial charge in [-0.05, 0) is 24.1 Å². The van der Waals surface area contributed by atoms with Crippen molar-refractivity contribution in [2.75, 3.05) is 18.1 Å². The predicted molar refractivity (Wildman–Crippen MR) is 64.6 cm³/mol. The molecule has 0 amide bonds. The third-order valence-electron chi connectivity index (χ3n) is 3.32. The average molecular weight is 268 g/mol. The fourth-order valence-corrected chi connectivity index (χ4v) is 2.87. The summed E-state index contributed by atoms with van der Waals surface area (Å²) in [4.78, 5) is 2.48. The first-order chi connectivity index (χ1) is 7.36. The number of alkyl halides is 1. The monoisotopic (exact) mass is 267 g/mol. The van der Waals surface area contributed by atoms with Crippen molar-refractivity contribution in [1.82, 2.24) is 0 Å². The number of fused-ring (bicyclic) bond motifs is 2. The summed E-state index contributed by atoms with van der Waals surface area (Å²) in [6.07, 6.45) is 1.69. The van der Waals surface area contributed by atoms with E-state index in [1.54, 1.807) is 0 Å². The van der Waals surface area contributed by atoms with E-state index in [0.717, 1.165) is 18.5 Å². The maximum absolute atomic E-state index is 5.60. The topological polar surface area (TPSA) is 12.5 Å². The third kappa shape index (κ3) is 1.68. The Morgan fingerprint density at radius 1 is 1.33 bits per heavy atom. The van der Waals surface area contributed by atoms with Crippen LogP contribution in [0.5, 0.6) is 0 Å². The quantitative estimate of drug-likeness (QED) is 0.764. The lowest BCUT2D eigenvalue weighted by atomic mass is 10.2. The van der Waals surface area contributed by atoms with Crippen LogP contribution in [0.25, 0.3) is 0 Å². The summed E-state index contributed by atoms with van der Waals surface area (Å²) in [5.41, 5.74) is 2.68. The fourth-order valence-electron chi connectivity index (χ4n) is 2.49. The van der Waals surface area contributed by atoms with Gasteiger partial charge in [-0.25, -0.2) is 0 Å². The van der Waals surface area contributed by atoms with Gasteiger partial charge in [-0.2, -0.15) is 0 Å². The normalized spacial score (nSPS) is 28.7. The Hall–Kier alpha value is -0.540. The molecule has 80 valence electrons. The molecule has 2 heterocycles. The summed E-state index contributed by atoms with van der Waals surface area (Å²) in [6, 6.07) is 9.44. The fraction of sp³-hybridized carbons (Fsp3) is 0.500. The second-order valence-corrected chi connectivity index (χ2v) is 4.86. The highest BCUT2D eigenvalue weighted by Gasteiger charge is 2.38. The molecule has 0 N–H and O–H groups in total. The van der Waals surface area contributed by atoms with Gasteiger partial charge in [-0.3, -0.25) is 0 Å². The maximum atomic E-state index is 5.60. The van der Waals surface area contributed by atoms with Crippen LogP contribution in [-0.2, 0) is 10.1 Å². The zero-order valence-electron chi connectivity index (χ0n) is 8.53. The molecule has 2 aliphatic heterocycles. The second-order valence-electron chi connectivity index (χ2n) is 4.30. The SMILES string of the molecule is BrCc1ccc(N2CC3CC2CO3)cc1. The molecule has 3 heteroatoms. The van der Waals surface area contributed by atoms with E-state index in [4.69, 9.17) is 4.74 Å². The Morgan fingerprint density at radius 3 is 2.67 bits per heavy atom. The molecule has 3 rings (SSSR count).